The molecule has 2 rings (SSSR count). The third-order valence-corrected chi connectivity index (χ3v) is 3.41. The molecular weight excluding hydrogens is 194 g/mol. The lowest BCUT2D eigenvalue weighted by Crippen LogP contribution is -2.07. The van der Waals surface area contributed by atoms with Gasteiger partial charge < -0.3 is 5.32 Å². The predicted molar refractivity (Wildman–Crippen MR) is 61.0 cm³/mol. The van der Waals surface area contributed by atoms with Crippen molar-refractivity contribution in [3.05, 3.63) is 17.1 Å². The molecule has 1 aliphatic rings. The van der Waals surface area contributed by atoms with Gasteiger partial charge >= 0.3 is 0 Å². The maximum Gasteiger partial charge on any atom is 0.132 e. The van der Waals surface area contributed by atoms with Gasteiger partial charge in [-0.15, -0.1) is 0 Å². The van der Waals surface area contributed by atoms with Crippen molar-refractivity contribution in [1.29, 1.82) is 0 Å². The summed E-state index contributed by atoms with van der Waals surface area (Å²) in [5.41, 5.74) is 2.56. The molecule has 14 heavy (non-hydrogen) atoms. The zero-order chi connectivity index (χ0) is 9.97. The van der Waals surface area contributed by atoms with Gasteiger partial charge in [0.25, 0.3) is 0 Å². The average Bonchev–Trinajstić information content (AvgIpc) is 2.41. The van der Waals surface area contributed by atoms with Crippen molar-refractivity contribution in [3.8, 4) is 0 Å². The van der Waals surface area contributed by atoms with Crippen LogP contribution in [-0.2, 0) is 12.8 Å². The highest BCUT2D eigenvalue weighted by Crippen LogP contribution is 2.23. The number of rotatable bonds is 1. The number of fused-ring (bicyclic) bond motifs is 1. The van der Waals surface area contributed by atoms with E-state index in [9.17, 15) is 0 Å². The summed E-state index contributed by atoms with van der Waals surface area (Å²) < 4.78 is 0. The fourth-order valence-electron chi connectivity index (χ4n) is 1.78. The van der Waals surface area contributed by atoms with Crippen molar-refractivity contribution in [2.75, 3.05) is 23.9 Å². The Morgan fingerprint density at radius 3 is 2.79 bits per heavy atom. The van der Waals surface area contributed by atoms with Crippen molar-refractivity contribution in [2.24, 2.45) is 0 Å². The number of nitrogens with zero attached hydrogens (tertiary/aromatic N) is 2. The third-order valence-electron chi connectivity index (χ3n) is 2.42. The highest BCUT2D eigenvalue weighted by atomic mass is 32.2. The van der Waals surface area contributed by atoms with Gasteiger partial charge in [-0.2, -0.15) is 11.8 Å². The Morgan fingerprint density at radius 2 is 2.00 bits per heavy atom. The molecule has 1 aromatic rings. The number of hydrogen-bond acceptors (Lipinski definition) is 4. The number of anilines is 1. The van der Waals surface area contributed by atoms with E-state index in [0.29, 0.717) is 0 Å². The number of aryl methyl sites for hydroxylation is 2. The van der Waals surface area contributed by atoms with Crippen molar-refractivity contribution in [1.82, 2.24) is 9.97 Å². The molecule has 0 aromatic carbocycles. The highest BCUT2D eigenvalue weighted by molar-refractivity contribution is 7.99. The fraction of sp³-hybridized carbons (Fsp3) is 0.600. The van der Waals surface area contributed by atoms with Crippen LogP contribution in [0.2, 0.25) is 0 Å². The fourth-order valence-corrected chi connectivity index (χ4v) is 2.67. The lowest BCUT2D eigenvalue weighted by molar-refractivity contribution is 0.917. The molecule has 0 atom stereocenters. The molecule has 76 valence electrons. The minimum Gasteiger partial charge on any atom is -0.373 e. The van der Waals surface area contributed by atoms with Crippen molar-refractivity contribution >= 4 is 17.6 Å². The lowest BCUT2D eigenvalue weighted by atomic mass is 10.1. The Labute approximate surface area is 88.7 Å². The van der Waals surface area contributed by atoms with Crippen molar-refractivity contribution in [2.45, 2.75) is 19.8 Å². The van der Waals surface area contributed by atoms with Gasteiger partial charge in [0.1, 0.15) is 11.6 Å². The van der Waals surface area contributed by atoms with E-state index in [2.05, 4.69) is 15.3 Å². The van der Waals surface area contributed by atoms with E-state index in [0.717, 1.165) is 24.5 Å². The molecule has 0 radical (unpaired) electrons. The smallest absolute Gasteiger partial charge is 0.132 e. The Balaban J connectivity index is 2.46. The maximum atomic E-state index is 4.52. The van der Waals surface area contributed by atoms with Gasteiger partial charge in [-0.3, -0.25) is 0 Å². The number of hydrogen-bond donors (Lipinski definition) is 1. The van der Waals surface area contributed by atoms with Gasteiger partial charge in [0.15, 0.2) is 0 Å². The summed E-state index contributed by atoms with van der Waals surface area (Å²) in [5.74, 6) is 4.27. The third kappa shape index (κ3) is 1.85. The maximum absolute atomic E-state index is 4.52. The van der Waals surface area contributed by atoms with Crippen LogP contribution in [0.1, 0.15) is 17.1 Å². The van der Waals surface area contributed by atoms with E-state index < -0.39 is 0 Å². The van der Waals surface area contributed by atoms with Crippen molar-refractivity contribution < 1.29 is 0 Å². The van der Waals surface area contributed by atoms with E-state index in [1.807, 2.05) is 25.7 Å². The highest BCUT2D eigenvalue weighted by Gasteiger charge is 2.14. The van der Waals surface area contributed by atoms with E-state index in [1.165, 1.54) is 22.8 Å². The molecule has 1 N–H and O–H groups in total. The summed E-state index contributed by atoms with van der Waals surface area (Å²) in [5, 5.41) is 3.16. The number of aromatic nitrogens is 2. The van der Waals surface area contributed by atoms with Gasteiger partial charge in [-0.05, 0) is 31.3 Å². The van der Waals surface area contributed by atoms with Crippen LogP contribution in [0.25, 0.3) is 0 Å². The van der Waals surface area contributed by atoms with Gasteiger partial charge in [0.2, 0.25) is 0 Å². The summed E-state index contributed by atoms with van der Waals surface area (Å²) in [6.45, 7) is 1.96. The first-order chi connectivity index (χ1) is 6.81. The van der Waals surface area contributed by atoms with Crippen LogP contribution < -0.4 is 5.32 Å². The Morgan fingerprint density at radius 1 is 1.21 bits per heavy atom. The van der Waals surface area contributed by atoms with Crippen LogP contribution in [0.5, 0.6) is 0 Å². The summed E-state index contributed by atoms with van der Waals surface area (Å²) in [6, 6.07) is 0. The Bertz CT molecular complexity index is 338. The van der Waals surface area contributed by atoms with Gasteiger partial charge in [0, 0.05) is 12.6 Å². The Hall–Kier alpha value is -0.770. The van der Waals surface area contributed by atoms with Crippen molar-refractivity contribution in [3.63, 3.8) is 0 Å². The van der Waals surface area contributed by atoms with Crippen LogP contribution in [0.4, 0.5) is 5.82 Å². The molecule has 3 nitrogen and oxygen atoms in total. The number of thioether (sulfide) groups is 1. The molecule has 0 bridgehead atoms. The summed E-state index contributed by atoms with van der Waals surface area (Å²) >= 11 is 2.00. The predicted octanol–water partition coefficient (Wildman–Crippen LogP) is 1.66. The second kappa shape index (κ2) is 4.17. The van der Waals surface area contributed by atoms with Gasteiger partial charge in [0.05, 0.1) is 5.69 Å². The standard InChI is InChI=1S/C10H15N3S/c1-7-12-9-4-6-14-5-3-8(9)10(11-2)13-7/h3-6H2,1-2H3,(H,11,12,13). The van der Waals surface area contributed by atoms with Crippen LogP contribution in [0, 0.1) is 6.92 Å². The lowest BCUT2D eigenvalue weighted by Gasteiger charge is -2.10. The van der Waals surface area contributed by atoms with Crippen LogP contribution in [0.15, 0.2) is 0 Å². The van der Waals surface area contributed by atoms with Crippen LogP contribution in [0.3, 0.4) is 0 Å². The minimum absolute atomic E-state index is 0.875. The average molecular weight is 209 g/mol. The van der Waals surface area contributed by atoms with Crippen LogP contribution >= 0.6 is 11.8 Å². The molecular formula is C10H15N3S. The molecule has 0 unspecified atom stereocenters. The monoisotopic (exact) mass is 209 g/mol. The minimum atomic E-state index is 0.875. The second-order valence-corrected chi connectivity index (χ2v) is 4.63. The molecule has 0 fully saturated rings. The first kappa shape index (κ1) is 9.77. The first-order valence-electron chi connectivity index (χ1n) is 4.93. The molecule has 0 spiro atoms. The quantitative estimate of drug-likeness (QED) is 0.763. The molecule has 1 aliphatic heterocycles. The van der Waals surface area contributed by atoms with E-state index in [1.54, 1.807) is 0 Å². The summed E-state index contributed by atoms with van der Waals surface area (Å²) in [4.78, 5) is 8.93. The SMILES string of the molecule is CNc1nc(C)nc2c1CCSCC2. The Kier molecular flexibility index (Phi) is 2.91. The molecule has 2 heterocycles. The molecule has 0 saturated carbocycles. The molecule has 0 amide bonds. The van der Waals surface area contributed by atoms with Gasteiger partial charge in [-0.1, -0.05) is 0 Å². The molecule has 1 aromatic heterocycles. The topological polar surface area (TPSA) is 37.8 Å². The largest absolute Gasteiger partial charge is 0.373 e. The first-order valence-corrected chi connectivity index (χ1v) is 6.08. The summed E-state index contributed by atoms with van der Waals surface area (Å²) in [6.07, 6.45) is 2.18. The zero-order valence-corrected chi connectivity index (χ0v) is 9.45. The second-order valence-electron chi connectivity index (χ2n) is 3.41. The normalized spacial score (nSPS) is 15.9. The number of nitrogens with one attached hydrogen (secondary N) is 1. The zero-order valence-electron chi connectivity index (χ0n) is 8.63. The molecule has 0 saturated heterocycles. The summed E-state index contributed by atoms with van der Waals surface area (Å²) in [7, 11) is 1.93. The van der Waals surface area contributed by atoms with E-state index in [-0.39, 0.29) is 0 Å². The van der Waals surface area contributed by atoms with E-state index >= 15 is 0 Å². The van der Waals surface area contributed by atoms with Crippen LogP contribution in [-0.4, -0.2) is 28.5 Å². The van der Waals surface area contributed by atoms with E-state index in [4.69, 9.17) is 0 Å². The van der Waals surface area contributed by atoms with Gasteiger partial charge in [-0.25, -0.2) is 9.97 Å². The molecule has 0 aliphatic carbocycles. The molecule has 4 heteroatoms.